The Bertz CT molecular complexity index is 676. The van der Waals surface area contributed by atoms with Gasteiger partial charge in [0.05, 0.1) is 30.1 Å². The number of hydrogen-bond donors (Lipinski definition) is 1. The molecule has 4 rings (SSSR count). The summed E-state index contributed by atoms with van der Waals surface area (Å²) in [4.78, 5) is 5.00. The van der Waals surface area contributed by atoms with Crippen molar-refractivity contribution in [3.8, 4) is 0 Å². The standard InChI is InChI=1S/C18H22N2O/c1-2-4-12-5-3-6-14-17(12)20-16-9-10-21-11-15(16)18(14)19-13-7-8-13/h3,5-6,13H,2,4,7-11H2,1H3,(H,19,20). The lowest BCUT2D eigenvalue weighted by Crippen LogP contribution is -2.16. The summed E-state index contributed by atoms with van der Waals surface area (Å²) >= 11 is 0. The van der Waals surface area contributed by atoms with E-state index in [9.17, 15) is 0 Å². The predicted octanol–water partition coefficient (Wildman–Crippen LogP) is 3.83. The molecule has 2 heterocycles. The molecule has 1 aliphatic heterocycles. The molecule has 21 heavy (non-hydrogen) atoms. The number of aromatic nitrogens is 1. The van der Waals surface area contributed by atoms with Crippen molar-refractivity contribution in [2.45, 2.75) is 51.7 Å². The maximum Gasteiger partial charge on any atom is 0.0758 e. The van der Waals surface area contributed by atoms with E-state index in [-0.39, 0.29) is 0 Å². The largest absolute Gasteiger partial charge is 0.381 e. The minimum Gasteiger partial charge on any atom is -0.381 e. The van der Waals surface area contributed by atoms with Crippen molar-refractivity contribution in [1.82, 2.24) is 4.98 Å². The highest BCUT2D eigenvalue weighted by Gasteiger charge is 2.26. The molecule has 1 aromatic heterocycles. The molecule has 1 aromatic carbocycles. The maximum absolute atomic E-state index is 5.69. The van der Waals surface area contributed by atoms with Gasteiger partial charge in [0.2, 0.25) is 0 Å². The molecule has 3 heteroatoms. The third kappa shape index (κ3) is 2.40. The first-order valence-electron chi connectivity index (χ1n) is 8.14. The molecule has 3 nitrogen and oxygen atoms in total. The molecular formula is C18H22N2O. The Hall–Kier alpha value is -1.61. The number of nitrogens with zero attached hydrogens (tertiary/aromatic N) is 1. The van der Waals surface area contributed by atoms with Crippen molar-refractivity contribution in [2.75, 3.05) is 11.9 Å². The summed E-state index contributed by atoms with van der Waals surface area (Å²) < 4.78 is 5.69. The zero-order chi connectivity index (χ0) is 14.2. The number of nitrogens with one attached hydrogen (secondary N) is 1. The fraction of sp³-hybridized carbons (Fsp3) is 0.500. The lowest BCUT2D eigenvalue weighted by molar-refractivity contribution is 0.110. The van der Waals surface area contributed by atoms with Crippen molar-refractivity contribution in [1.29, 1.82) is 0 Å². The number of fused-ring (bicyclic) bond motifs is 2. The number of para-hydroxylation sites is 1. The van der Waals surface area contributed by atoms with Crippen molar-refractivity contribution in [3.05, 3.63) is 35.0 Å². The Morgan fingerprint density at radius 2 is 2.24 bits per heavy atom. The van der Waals surface area contributed by atoms with Crippen LogP contribution in [0.3, 0.4) is 0 Å². The molecular weight excluding hydrogens is 260 g/mol. The Labute approximate surface area is 125 Å². The maximum atomic E-state index is 5.69. The number of rotatable bonds is 4. The topological polar surface area (TPSA) is 34.2 Å². The Morgan fingerprint density at radius 1 is 1.33 bits per heavy atom. The number of benzene rings is 1. The SMILES string of the molecule is CCCc1cccc2c(NC3CC3)c3c(nc12)CCOC3. The molecule has 0 radical (unpaired) electrons. The third-order valence-electron chi connectivity index (χ3n) is 4.46. The van der Waals surface area contributed by atoms with Gasteiger partial charge in [-0.15, -0.1) is 0 Å². The zero-order valence-electron chi connectivity index (χ0n) is 12.6. The van der Waals surface area contributed by atoms with Crippen LogP contribution in [0.2, 0.25) is 0 Å². The minimum absolute atomic E-state index is 0.649. The summed E-state index contributed by atoms with van der Waals surface area (Å²) in [6, 6.07) is 7.26. The summed E-state index contributed by atoms with van der Waals surface area (Å²) in [5, 5.41) is 5.01. The molecule has 1 fully saturated rings. The number of hydrogen-bond acceptors (Lipinski definition) is 3. The highest BCUT2D eigenvalue weighted by atomic mass is 16.5. The minimum atomic E-state index is 0.649. The molecule has 2 aliphatic rings. The average Bonchev–Trinajstić information content (AvgIpc) is 3.32. The van der Waals surface area contributed by atoms with Crippen molar-refractivity contribution in [2.24, 2.45) is 0 Å². The van der Waals surface area contributed by atoms with Crippen molar-refractivity contribution >= 4 is 16.6 Å². The normalized spacial score (nSPS) is 17.8. The first-order valence-corrected chi connectivity index (χ1v) is 8.14. The van der Waals surface area contributed by atoms with E-state index in [0.717, 1.165) is 25.9 Å². The highest BCUT2D eigenvalue weighted by Crippen LogP contribution is 2.36. The lowest BCUT2D eigenvalue weighted by atomic mass is 9.99. The fourth-order valence-electron chi connectivity index (χ4n) is 3.21. The van der Waals surface area contributed by atoms with E-state index in [1.165, 1.54) is 46.3 Å². The van der Waals surface area contributed by atoms with Crippen LogP contribution in [0.5, 0.6) is 0 Å². The molecule has 0 saturated heterocycles. The smallest absolute Gasteiger partial charge is 0.0758 e. The lowest BCUT2D eigenvalue weighted by Gasteiger charge is -2.22. The van der Waals surface area contributed by atoms with Gasteiger partial charge in [-0.2, -0.15) is 0 Å². The van der Waals surface area contributed by atoms with Gasteiger partial charge in [0.15, 0.2) is 0 Å². The summed E-state index contributed by atoms with van der Waals surface area (Å²) in [5.74, 6) is 0. The summed E-state index contributed by atoms with van der Waals surface area (Å²) in [6.07, 6.45) is 5.77. The second-order valence-corrected chi connectivity index (χ2v) is 6.20. The molecule has 0 unspecified atom stereocenters. The first kappa shape index (κ1) is 13.1. The van der Waals surface area contributed by atoms with Gasteiger partial charge in [0.1, 0.15) is 0 Å². The Morgan fingerprint density at radius 3 is 3.05 bits per heavy atom. The van der Waals surface area contributed by atoms with Crippen LogP contribution in [0.1, 0.15) is 43.0 Å². The predicted molar refractivity (Wildman–Crippen MR) is 85.7 cm³/mol. The first-order chi connectivity index (χ1) is 10.4. The van der Waals surface area contributed by atoms with Crippen molar-refractivity contribution in [3.63, 3.8) is 0 Å². The van der Waals surface area contributed by atoms with Crippen LogP contribution in [-0.2, 0) is 24.2 Å². The monoisotopic (exact) mass is 282 g/mol. The molecule has 0 atom stereocenters. The highest BCUT2D eigenvalue weighted by molar-refractivity contribution is 5.95. The zero-order valence-corrected chi connectivity index (χ0v) is 12.6. The van der Waals surface area contributed by atoms with Crippen LogP contribution in [0, 0.1) is 0 Å². The van der Waals surface area contributed by atoms with Crippen molar-refractivity contribution < 1.29 is 4.74 Å². The van der Waals surface area contributed by atoms with Gasteiger partial charge in [-0.05, 0) is 24.8 Å². The second kappa shape index (κ2) is 5.30. The summed E-state index contributed by atoms with van der Waals surface area (Å²) in [7, 11) is 0. The Kier molecular flexibility index (Phi) is 3.30. The summed E-state index contributed by atoms with van der Waals surface area (Å²) in [5.41, 5.74) is 6.39. The van der Waals surface area contributed by atoms with Crippen LogP contribution in [-0.4, -0.2) is 17.6 Å². The van der Waals surface area contributed by atoms with Gasteiger partial charge >= 0.3 is 0 Å². The van der Waals surface area contributed by atoms with Gasteiger partial charge < -0.3 is 10.1 Å². The second-order valence-electron chi connectivity index (χ2n) is 6.20. The Balaban J connectivity index is 1.93. The van der Waals surface area contributed by atoms with Gasteiger partial charge in [-0.3, -0.25) is 4.98 Å². The van der Waals surface area contributed by atoms with Gasteiger partial charge in [0.25, 0.3) is 0 Å². The molecule has 0 amide bonds. The van der Waals surface area contributed by atoms with E-state index in [1.807, 2.05) is 0 Å². The quantitative estimate of drug-likeness (QED) is 0.925. The van der Waals surface area contributed by atoms with E-state index in [4.69, 9.17) is 9.72 Å². The molecule has 1 saturated carbocycles. The molecule has 1 N–H and O–H groups in total. The average molecular weight is 282 g/mol. The van der Waals surface area contributed by atoms with E-state index < -0.39 is 0 Å². The van der Waals surface area contributed by atoms with E-state index >= 15 is 0 Å². The molecule has 1 aliphatic carbocycles. The van der Waals surface area contributed by atoms with Gasteiger partial charge in [-0.1, -0.05) is 31.5 Å². The molecule has 110 valence electrons. The molecule has 0 bridgehead atoms. The van der Waals surface area contributed by atoms with Crippen LogP contribution in [0.15, 0.2) is 18.2 Å². The van der Waals surface area contributed by atoms with Crippen LogP contribution in [0.25, 0.3) is 10.9 Å². The van der Waals surface area contributed by atoms with Gasteiger partial charge in [0, 0.05) is 23.4 Å². The number of aryl methyl sites for hydroxylation is 1. The summed E-state index contributed by atoms with van der Waals surface area (Å²) in [6.45, 7) is 3.73. The molecule has 2 aromatic rings. The van der Waals surface area contributed by atoms with E-state index in [0.29, 0.717) is 12.6 Å². The van der Waals surface area contributed by atoms with Crippen LogP contribution < -0.4 is 5.32 Å². The van der Waals surface area contributed by atoms with E-state index in [1.54, 1.807) is 0 Å². The molecule has 0 spiro atoms. The number of ether oxygens (including phenoxy) is 1. The van der Waals surface area contributed by atoms with Crippen LogP contribution in [0.4, 0.5) is 5.69 Å². The van der Waals surface area contributed by atoms with E-state index in [2.05, 4.69) is 30.4 Å². The van der Waals surface area contributed by atoms with Gasteiger partial charge in [-0.25, -0.2) is 0 Å². The number of pyridine rings is 1. The fourth-order valence-corrected chi connectivity index (χ4v) is 3.21. The van der Waals surface area contributed by atoms with Crippen LogP contribution >= 0.6 is 0 Å². The third-order valence-corrected chi connectivity index (χ3v) is 4.46. The number of anilines is 1.